The van der Waals surface area contributed by atoms with Crippen molar-refractivity contribution in [3.8, 4) is 39.6 Å². The first-order valence-corrected chi connectivity index (χ1v) is 12.2. The summed E-state index contributed by atoms with van der Waals surface area (Å²) in [4.78, 5) is 27.1. The van der Waals surface area contributed by atoms with E-state index >= 15 is 0 Å². The van der Waals surface area contributed by atoms with Crippen LogP contribution in [0.4, 0.5) is 0 Å². The summed E-state index contributed by atoms with van der Waals surface area (Å²) in [5, 5.41) is 0. The monoisotopic (exact) mass is 470 g/mol. The molecular formula is C31H26N4O. The van der Waals surface area contributed by atoms with Gasteiger partial charge in [0.25, 0.3) is 0 Å². The van der Waals surface area contributed by atoms with Gasteiger partial charge in [-0.2, -0.15) is 0 Å². The van der Waals surface area contributed by atoms with Crippen LogP contribution >= 0.6 is 0 Å². The van der Waals surface area contributed by atoms with E-state index in [0.29, 0.717) is 6.42 Å². The van der Waals surface area contributed by atoms with E-state index in [-0.39, 0.29) is 11.2 Å². The summed E-state index contributed by atoms with van der Waals surface area (Å²) in [5.41, 5.74) is 7.96. The van der Waals surface area contributed by atoms with Crippen LogP contribution in [-0.4, -0.2) is 25.3 Å². The van der Waals surface area contributed by atoms with Crippen LogP contribution in [0.3, 0.4) is 0 Å². The maximum atomic E-state index is 12.6. The smallest absolute Gasteiger partial charge is 0.165 e. The number of ketones is 1. The molecule has 0 aliphatic heterocycles. The molecule has 0 atom stereocenters. The summed E-state index contributed by atoms with van der Waals surface area (Å²) in [6.45, 7) is 4.24. The molecule has 0 radical (unpaired) electrons. The highest BCUT2D eigenvalue weighted by Gasteiger charge is 2.32. The standard InChI is InChI=1S/C31H26N4O/c1-31(2)17-28-24(30(36)18-31)13-14-25(33-28)29-19-35(20-32-29)23-15-26(21-9-5-3-6-10-21)34-27(16-23)22-11-7-4-8-12-22/h3-16,19-20H,17-18H2,1-2H3. The molecule has 0 spiro atoms. The Morgan fingerprint density at radius 2 is 1.36 bits per heavy atom. The van der Waals surface area contributed by atoms with Crippen LogP contribution in [0, 0.1) is 5.41 Å². The van der Waals surface area contributed by atoms with Gasteiger partial charge in [-0.1, -0.05) is 74.5 Å². The molecule has 176 valence electrons. The largest absolute Gasteiger partial charge is 0.305 e. The van der Waals surface area contributed by atoms with Gasteiger partial charge >= 0.3 is 0 Å². The fraction of sp³-hybridized carbons (Fsp3) is 0.161. The molecule has 5 nitrogen and oxygen atoms in total. The van der Waals surface area contributed by atoms with Gasteiger partial charge < -0.3 is 4.57 Å². The number of imidazole rings is 1. The number of hydrogen-bond donors (Lipinski definition) is 0. The van der Waals surface area contributed by atoms with Gasteiger partial charge in [-0.25, -0.2) is 9.97 Å². The predicted molar refractivity (Wildman–Crippen MR) is 142 cm³/mol. The topological polar surface area (TPSA) is 60.7 Å². The van der Waals surface area contributed by atoms with E-state index in [2.05, 4.69) is 55.2 Å². The number of hydrogen-bond acceptors (Lipinski definition) is 4. The molecular weight excluding hydrogens is 444 g/mol. The van der Waals surface area contributed by atoms with Gasteiger partial charge in [-0.3, -0.25) is 9.78 Å². The lowest BCUT2D eigenvalue weighted by atomic mass is 9.75. The van der Waals surface area contributed by atoms with Gasteiger partial charge in [0, 0.05) is 29.3 Å². The van der Waals surface area contributed by atoms with Crippen molar-refractivity contribution in [2.45, 2.75) is 26.7 Å². The first kappa shape index (κ1) is 22.1. The molecule has 1 aliphatic carbocycles. The summed E-state index contributed by atoms with van der Waals surface area (Å²) >= 11 is 0. The number of carbonyl (C=O) groups is 1. The van der Waals surface area contributed by atoms with E-state index in [1.165, 1.54) is 0 Å². The number of carbonyl (C=O) groups excluding carboxylic acids is 1. The van der Waals surface area contributed by atoms with Crippen LogP contribution in [0.1, 0.15) is 36.3 Å². The Labute approximate surface area is 210 Å². The quantitative estimate of drug-likeness (QED) is 0.289. The Bertz CT molecular complexity index is 1510. The highest BCUT2D eigenvalue weighted by molar-refractivity contribution is 5.98. The molecule has 6 rings (SSSR count). The van der Waals surface area contributed by atoms with Crippen molar-refractivity contribution >= 4 is 5.78 Å². The van der Waals surface area contributed by atoms with E-state index in [1.807, 2.05) is 65.6 Å². The first-order chi connectivity index (χ1) is 17.4. The van der Waals surface area contributed by atoms with Crippen LogP contribution in [0.5, 0.6) is 0 Å². The lowest BCUT2D eigenvalue weighted by Gasteiger charge is -2.29. The van der Waals surface area contributed by atoms with Gasteiger partial charge in [-0.15, -0.1) is 0 Å². The Morgan fingerprint density at radius 3 is 2.00 bits per heavy atom. The van der Waals surface area contributed by atoms with E-state index in [1.54, 1.807) is 0 Å². The number of rotatable bonds is 4. The molecule has 3 aromatic heterocycles. The third-order valence-corrected chi connectivity index (χ3v) is 6.65. The number of pyridine rings is 2. The third kappa shape index (κ3) is 4.24. The fourth-order valence-electron chi connectivity index (χ4n) is 4.85. The summed E-state index contributed by atoms with van der Waals surface area (Å²) in [5.74, 6) is 0.171. The molecule has 0 N–H and O–H groups in total. The molecule has 5 heteroatoms. The zero-order valence-corrected chi connectivity index (χ0v) is 20.3. The summed E-state index contributed by atoms with van der Waals surface area (Å²) in [7, 11) is 0. The van der Waals surface area contributed by atoms with Crippen LogP contribution in [0.2, 0.25) is 0 Å². The fourth-order valence-corrected chi connectivity index (χ4v) is 4.85. The van der Waals surface area contributed by atoms with Crippen molar-refractivity contribution < 1.29 is 4.79 Å². The third-order valence-electron chi connectivity index (χ3n) is 6.65. The average molecular weight is 471 g/mol. The Hall–Kier alpha value is -4.38. The highest BCUT2D eigenvalue weighted by atomic mass is 16.1. The van der Waals surface area contributed by atoms with Crippen molar-refractivity contribution in [3.63, 3.8) is 0 Å². The predicted octanol–water partition coefficient (Wildman–Crippen LogP) is 6.82. The minimum atomic E-state index is -0.0756. The summed E-state index contributed by atoms with van der Waals surface area (Å²) < 4.78 is 2.01. The van der Waals surface area contributed by atoms with Gasteiger partial charge in [-0.05, 0) is 36.1 Å². The molecule has 5 aromatic rings. The molecule has 0 unspecified atom stereocenters. The normalized spacial score (nSPS) is 14.4. The van der Waals surface area contributed by atoms with Crippen molar-refractivity contribution in [2.24, 2.45) is 5.41 Å². The van der Waals surface area contributed by atoms with Crippen LogP contribution < -0.4 is 0 Å². The van der Waals surface area contributed by atoms with Crippen molar-refractivity contribution in [1.82, 2.24) is 19.5 Å². The zero-order chi connectivity index (χ0) is 24.7. The van der Waals surface area contributed by atoms with Gasteiger partial charge in [0.15, 0.2) is 5.78 Å². The van der Waals surface area contributed by atoms with E-state index in [4.69, 9.17) is 9.97 Å². The van der Waals surface area contributed by atoms with Crippen LogP contribution in [0.25, 0.3) is 39.6 Å². The summed E-state index contributed by atoms with van der Waals surface area (Å²) in [6, 6.07) is 28.3. The molecule has 0 saturated carbocycles. The molecule has 36 heavy (non-hydrogen) atoms. The number of aromatic nitrogens is 4. The average Bonchev–Trinajstić information content (AvgIpc) is 3.39. The Balaban J connectivity index is 1.41. The van der Waals surface area contributed by atoms with E-state index in [0.717, 1.165) is 57.3 Å². The minimum absolute atomic E-state index is 0.0756. The molecule has 1 aliphatic rings. The number of fused-ring (bicyclic) bond motifs is 1. The Morgan fingerprint density at radius 1 is 0.722 bits per heavy atom. The first-order valence-electron chi connectivity index (χ1n) is 12.2. The van der Waals surface area contributed by atoms with Crippen LogP contribution in [-0.2, 0) is 6.42 Å². The molecule has 2 aromatic carbocycles. The lowest BCUT2D eigenvalue weighted by molar-refractivity contribution is 0.0910. The Kier molecular flexibility index (Phi) is 5.33. The molecule has 0 amide bonds. The zero-order valence-electron chi connectivity index (χ0n) is 20.3. The van der Waals surface area contributed by atoms with Gasteiger partial charge in [0.1, 0.15) is 5.69 Å². The number of nitrogens with zero attached hydrogens (tertiary/aromatic N) is 4. The van der Waals surface area contributed by atoms with Gasteiger partial charge in [0.05, 0.1) is 34.8 Å². The maximum Gasteiger partial charge on any atom is 0.165 e. The van der Waals surface area contributed by atoms with Crippen LogP contribution in [0.15, 0.2) is 97.5 Å². The highest BCUT2D eigenvalue weighted by Crippen LogP contribution is 2.35. The van der Waals surface area contributed by atoms with Crippen molar-refractivity contribution in [2.75, 3.05) is 0 Å². The molecule has 0 fully saturated rings. The lowest BCUT2D eigenvalue weighted by Crippen LogP contribution is -2.27. The molecule has 0 saturated heterocycles. The van der Waals surface area contributed by atoms with Gasteiger partial charge in [0.2, 0.25) is 0 Å². The summed E-state index contributed by atoms with van der Waals surface area (Å²) in [6.07, 6.45) is 5.15. The van der Waals surface area contributed by atoms with Crippen molar-refractivity contribution in [3.05, 3.63) is 109 Å². The second kappa shape index (κ2) is 8.68. The van der Waals surface area contributed by atoms with Crippen molar-refractivity contribution in [1.29, 1.82) is 0 Å². The second-order valence-corrected chi connectivity index (χ2v) is 10.1. The number of Topliss-reactive ketones (excluding diaryl/α,β-unsaturated/α-hetero) is 1. The second-order valence-electron chi connectivity index (χ2n) is 10.1. The molecule has 0 bridgehead atoms. The van der Waals surface area contributed by atoms with E-state index < -0.39 is 0 Å². The van der Waals surface area contributed by atoms with E-state index in [9.17, 15) is 4.79 Å². The minimum Gasteiger partial charge on any atom is -0.305 e. The molecule has 3 heterocycles. The number of benzene rings is 2. The SMILES string of the molecule is CC1(C)CC(=O)c2ccc(-c3cn(-c4cc(-c5ccccc5)nc(-c5ccccc5)c4)cn3)nc2C1. The maximum absolute atomic E-state index is 12.6.